The molecule has 2 heterocycles. The summed E-state index contributed by atoms with van der Waals surface area (Å²) >= 11 is 6.22. The van der Waals surface area contributed by atoms with Gasteiger partial charge in [0.15, 0.2) is 0 Å². The molecule has 0 aliphatic rings. The van der Waals surface area contributed by atoms with Crippen LogP contribution in [-0.4, -0.2) is 31.5 Å². The Labute approximate surface area is 159 Å². The molecule has 0 atom stereocenters. The highest BCUT2D eigenvalue weighted by Crippen LogP contribution is 2.29. The Morgan fingerprint density at radius 2 is 2.00 bits per heavy atom. The summed E-state index contributed by atoms with van der Waals surface area (Å²) < 4.78 is 1.63. The number of hydrogen-bond acceptors (Lipinski definition) is 5. The lowest BCUT2D eigenvalue weighted by atomic mass is 10.1. The lowest BCUT2D eigenvalue weighted by Gasteiger charge is -2.11. The van der Waals surface area contributed by atoms with Gasteiger partial charge in [-0.05, 0) is 36.8 Å². The molecule has 138 valence electrons. The number of nitrogens with one attached hydrogen (secondary N) is 1. The summed E-state index contributed by atoms with van der Waals surface area (Å²) in [6, 6.07) is 6.47. The summed E-state index contributed by atoms with van der Waals surface area (Å²) in [5, 5.41) is 12.5. The Hall–Kier alpha value is -3.39. The van der Waals surface area contributed by atoms with Gasteiger partial charge in [0, 0.05) is 24.5 Å². The number of carboxylic acid groups (broad SMARTS) is 1. The Morgan fingerprint density at radius 3 is 2.59 bits per heavy atom. The minimum absolute atomic E-state index is 0.134. The number of nitrogens with two attached hydrogens (primary N) is 1. The molecule has 27 heavy (non-hydrogen) atoms. The number of carbonyl (C=O) groups excluding carboxylic acids is 1. The van der Waals surface area contributed by atoms with Gasteiger partial charge < -0.3 is 20.7 Å². The van der Waals surface area contributed by atoms with E-state index in [-0.39, 0.29) is 11.5 Å². The first-order valence-electron chi connectivity index (χ1n) is 7.86. The molecule has 0 bridgehead atoms. The van der Waals surface area contributed by atoms with Crippen molar-refractivity contribution in [2.75, 3.05) is 5.32 Å². The molecular formula is C18H16ClN5O3. The van der Waals surface area contributed by atoms with Crippen molar-refractivity contribution in [3.8, 4) is 11.4 Å². The van der Waals surface area contributed by atoms with E-state index in [2.05, 4.69) is 15.3 Å². The Morgan fingerprint density at radius 1 is 1.26 bits per heavy atom. The number of anilines is 2. The molecule has 0 fully saturated rings. The van der Waals surface area contributed by atoms with Gasteiger partial charge in [0.05, 0.1) is 22.5 Å². The zero-order valence-electron chi connectivity index (χ0n) is 14.5. The summed E-state index contributed by atoms with van der Waals surface area (Å²) in [5.41, 5.74) is 8.25. The van der Waals surface area contributed by atoms with Crippen molar-refractivity contribution in [1.82, 2.24) is 14.5 Å². The van der Waals surface area contributed by atoms with E-state index in [1.165, 1.54) is 18.5 Å². The van der Waals surface area contributed by atoms with Gasteiger partial charge >= 0.3 is 5.97 Å². The maximum atomic E-state index is 11.3. The van der Waals surface area contributed by atoms with Crippen LogP contribution in [0.3, 0.4) is 0 Å². The molecule has 0 aliphatic heterocycles. The molecule has 4 N–H and O–H groups in total. The zero-order chi connectivity index (χ0) is 19.7. The summed E-state index contributed by atoms with van der Waals surface area (Å²) in [5.74, 6) is -1.26. The van der Waals surface area contributed by atoms with Gasteiger partial charge in [-0.2, -0.15) is 0 Å². The SMILES string of the molecule is Cc1cc(C(N)=O)ccc1Nc1ncc(Cl)c(-c2cc(C(=O)O)cn2C)n1. The highest BCUT2D eigenvalue weighted by Gasteiger charge is 2.16. The van der Waals surface area contributed by atoms with Crippen LogP contribution in [0.1, 0.15) is 26.3 Å². The number of carboxylic acids is 1. The van der Waals surface area contributed by atoms with E-state index in [0.717, 1.165) is 5.56 Å². The minimum atomic E-state index is -1.04. The largest absolute Gasteiger partial charge is 0.478 e. The first kappa shape index (κ1) is 18.4. The van der Waals surface area contributed by atoms with Crippen LogP contribution in [0.4, 0.5) is 11.6 Å². The van der Waals surface area contributed by atoms with E-state index in [4.69, 9.17) is 22.4 Å². The van der Waals surface area contributed by atoms with E-state index < -0.39 is 11.9 Å². The normalized spacial score (nSPS) is 10.6. The maximum Gasteiger partial charge on any atom is 0.337 e. The summed E-state index contributed by atoms with van der Waals surface area (Å²) in [6.07, 6.45) is 2.92. The third kappa shape index (κ3) is 3.75. The van der Waals surface area contributed by atoms with E-state index >= 15 is 0 Å². The number of nitrogens with zero attached hydrogens (tertiary/aromatic N) is 3. The topological polar surface area (TPSA) is 123 Å². The number of halogens is 1. The lowest BCUT2D eigenvalue weighted by molar-refractivity contribution is 0.0696. The number of rotatable bonds is 5. The molecule has 3 rings (SSSR count). The average molecular weight is 386 g/mol. The number of aromatic nitrogens is 3. The van der Waals surface area contributed by atoms with Gasteiger partial charge in [0.2, 0.25) is 11.9 Å². The second-order valence-electron chi connectivity index (χ2n) is 5.94. The predicted molar refractivity (Wildman–Crippen MR) is 101 cm³/mol. The third-order valence-corrected chi connectivity index (χ3v) is 4.27. The van der Waals surface area contributed by atoms with Gasteiger partial charge in [-0.1, -0.05) is 11.6 Å². The number of primary amides is 1. The number of amides is 1. The monoisotopic (exact) mass is 385 g/mol. The van der Waals surface area contributed by atoms with Gasteiger partial charge in [0.25, 0.3) is 0 Å². The standard InChI is InChI=1S/C18H16ClN5O3/c1-9-5-10(16(20)25)3-4-13(9)22-18-21-7-12(19)15(23-18)14-6-11(17(26)27)8-24(14)2/h3-8H,1-2H3,(H2,20,25)(H,26,27)(H,21,22,23). The van der Waals surface area contributed by atoms with Crippen LogP contribution in [0.5, 0.6) is 0 Å². The summed E-state index contributed by atoms with van der Waals surface area (Å²) in [7, 11) is 1.71. The lowest BCUT2D eigenvalue weighted by Crippen LogP contribution is -2.11. The van der Waals surface area contributed by atoms with Gasteiger partial charge in [-0.3, -0.25) is 4.79 Å². The van der Waals surface area contributed by atoms with Crippen molar-refractivity contribution in [2.45, 2.75) is 6.92 Å². The van der Waals surface area contributed by atoms with Crippen LogP contribution in [0.2, 0.25) is 5.02 Å². The molecule has 1 aromatic carbocycles. The summed E-state index contributed by atoms with van der Waals surface area (Å²) in [6.45, 7) is 1.82. The van der Waals surface area contributed by atoms with Crippen LogP contribution >= 0.6 is 11.6 Å². The number of carbonyl (C=O) groups is 2. The molecule has 8 nitrogen and oxygen atoms in total. The van der Waals surface area contributed by atoms with E-state index in [1.54, 1.807) is 29.8 Å². The molecule has 2 aromatic heterocycles. The van der Waals surface area contributed by atoms with Crippen molar-refractivity contribution in [2.24, 2.45) is 12.8 Å². The number of aryl methyl sites for hydroxylation is 2. The van der Waals surface area contributed by atoms with Crippen LogP contribution < -0.4 is 11.1 Å². The molecule has 3 aromatic rings. The van der Waals surface area contributed by atoms with Crippen molar-refractivity contribution in [1.29, 1.82) is 0 Å². The fourth-order valence-electron chi connectivity index (χ4n) is 2.60. The number of hydrogen-bond donors (Lipinski definition) is 3. The zero-order valence-corrected chi connectivity index (χ0v) is 15.3. The molecule has 0 radical (unpaired) electrons. The fourth-order valence-corrected chi connectivity index (χ4v) is 2.79. The maximum absolute atomic E-state index is 11.3. The minimum Gasteiger partial charge on any atom is -0.478 e. The van der Waals surface area contributed by atoms with Crippen molar-refractivity contribution in [3.05, 3.63) is 58.4 Å². The highest BCUT2D eigenvalue weighted by atomic mass is 35.5. The molecule has 0 saturated heterocycles. The fraction of sp³-hybridized carbons (Fsp3) is 0.111. The molecule has 9 heteroatoms. The van der Waals surface area contributed by atoms with Crippen molar-refractivity contribution < 1.29 is 14.7 Å². The first-order valence-corrected chi connectivity index (χ1v) is 8.24. The predicted octanol–water partition coefficient (Wildman–Crippen LogP) is 2.98. The molecule has 0 spiro atoms. The van der Waals surface area contributed by atoms with Gasteiger partial charge in [0.1, 0.15) is 5.69 Å². The van der Waals surface area contributed by atoms with Gasteiger partial charge in [-0.15, -0.1) is 0 Å². The van der Waals surface area contributed by atoms with Crippen LogP contribution in [0.15, 0.2) is 36.7 Å². The van der Waals surface area contributed by atoms with Crippen LogP contribution in [0, 0.1) is 6.92 Å². The quantitative estimate of drug-likeness (QED) is 0.620. The molecular weight excluding hydrogens is 370 g/mol. The highest BCUT2D eigenvalue weighted by molar-refractivity contribution is 6.32. The smallest absolute Gasteiger partial charge is 0.337 e. The second kappa shape index (κ2) is 7.08. The Bertz CT molecular complexity index is 1060. The van der Waals surface area contributed by atoms with Crippen LogP contribution in [-0.2, 0) is 7.05 Å². The van der Waals surface area contributed by atoms with Gasteiger partial charge in [-0.25, -0.2) is 14.8 Å². The van der Waals surface area contributed by atoms with Crippen molar-refractivity contribution >= 4 is 35.1 Å². The molecule has 0 aliphatic carbocycles. The van der Waals surface area contributed by atoms with Crippen LogP contribution in [0.25, 0.3) is 11.4 Å². The Balaban J connectivity index is 1.97. The molecule has 0 unspecified atom stereocenters. The third-order valence-electron chi connectivity index (χ3n) is 4.00. The summed E-state index contributed by atoms with van der Waals surface area (Å²) in [4.78, 5) is 31.0. The molecule has 0 saturated carbocycles. The van der Waals surface area contributed by atoms with E-state index in [1.807, 2.05) is 6.92 Å². The van der Waals surface area contributed by atoms with E-state index in [9.17, 15) is 9.59 Å². The van der Waals surface area contributed by atoms with Crippen molar-refractivity contribution in [3.63, 3.8) is 0 Å². The van der Waals surface area contributed by atoms with E-state index in [0.29, 0.717) is 27.7 Å². The average Bonchev–Trinajstić information content (AvgIpc) is 3.00. The number of aromatic carboxylic acids is 1. The Kier molecular flexibility index (Phi) is 4.83. The number of benzene rings is 1. The molecule has 1 amide bonds. The second-order valence-corrected chi connectivity index (χ2v) is 6.35. The first-order chi connectivity index (χ1) is 12.8.